The van der Waals surface area contributed by atoms with Crippen molar-refractivity contribution < 1.29 is 0 Å². The number of nitriles is 1. The number of hydrogen-bond acceptors (Lipinski definition) is 2. The number of benzene rings is 1. The van der Waals surface area contributed by atoms with E-state index in [1.165, 1.54) is 11.1 Å². The molecule has 0 aliphatic carbocycles. The van der Waals surface area contributed by atoms with Crippen LogP contribution in [0, 0.1) is 17.2 Å². The Morgan fingerprint density at radius 1 is 1.06 bits per heavy atom. The fourth-order valence-corrected chi connectivity index (χ4v) is 1.69. The molecule has 0 fully saturated rings. The van der Waals surface area contributed by atoms with Crippen molar-refractivity contribution in [1.82, 2.24) is 5.32 Å². The fourth-order valence-electron chi connectivity index (χ4n) is 1.69. The zero-order valence-corrected chi connectivity index (χ0v) is 11.2. The Labute approximate surface area is 105 Å². The molecule has 0 saturated heterocycles. The lowest BCUT2D eigenvalue weighted by Gasteiger charge is -2.16. The smallest absolute Gasteiger partial charge is 0.0666 e. The highest BCUT2D eigenvalue weighted by Gasteiger charge is 2.07. The molecule has 0 spiro atoms. The van der Waals surface area contributed by atoms with Crippen molar-refractivity contribution in [2.45, 2.75) is 39.7 Å². The molecule has 2 heteroatoms. The van der Waals surface area contributed by atoms with Crippen LogP contribution in [0.15, 0.2) is 24.3 Å². The maximum absolute atomic E-state index is 8.73. The molecule has 0 radical (unpaired) electrons. The van der Waals surface area contributed by atoms with E-state index < -0.39 is 0 Å². The second-order valence-electron chi connectivity index (χ2n) is 4.98. The Bertz CT molecular complexity index is 373. The van der Waals surface area contributed by atoms with Crippen LogP contribution >= 0.6 is 0 Å². The van der Waals surface area contributed by atoms with Gasteiger partial charge in [-0.3, -0.25) is 0 Å². The van der Waals surface area contributed by atoms with Crippen molar-refractivity contribution in [3.05, 3.63) is 35.4 Å². The molecule has 0 aromatic heterocycles. The number of nitrogens with zero attached hydrogens (tertiary/aromatic N) is 1. The van der Waals surface area contributed by atoms with Gasteiger partial charge in [0, 0.05) is 12.6 Å². The minimum Gasteiger partial charge on any atom is -0.309 e. The van der Waals surface area contributed by atoms with Gasteiger partial charge in [-0.2, -0.15) is 5.26 Å². The second kappa shape index (κ2) is 6.42. The van der Waals surface area contributed by atoms with Crippen LogP contribution in [0.4, 0.5) is 0 Å². The standard InChI is InChI=1S/C15H22N2/c1-11(2)14-5-7-15(8-6-14)13(4)17-10-12(3)9-16/h5-8,11-13,17H,10H2,1-4H3/t12-,13+/m0/s1. The summed E-state index contributed by atoms with van der Waals surface area (Å²) in [7, 11) is 0. The number of rotatable bonds is 5. The molecule has 2 atom stereocenters. The maximum Gasteiger partial charge on any atom is 0.0666 e. The van der Waals surface area contributed by atoms with Crippen molar-refractivity contribution in [2.75, 3.05) is 6.54 Å². The zero-order valence-electron chi connectivity index (χ0n) is 11.2. The van der Waals surface area contributed by atoms with Crippen LogP contribution in [-0.4, -0.2) is 6.54 Å². The quantitative estimate of drug-likeness (QED) is 0.838. The van der Waals surface area contributed by atoms with E-state index in [2.05, 4.69) is 56.4 Å². The summed E-state index contributed by atoms with van der Waals surface area (Å²) in [5, 5.41) is 12.1. The van der Waals surface area contributed by atoms with E-state index in [4.69, 9.17) is 5.26 Å². The van der Waals surface area contributed by atoms with Gasteiger partial charge in [0.1, 0.15) is 0 Å². The molecule has 92 valence electrons. The van der Waals surface area contributed by atoms with Gasteiger partial charge in [-0.25, -0.2) is 0 Å². The largest absolute Gasteiger partial charge is 0.309 e. The van der Waals surface area contributed by atoms with Gasteiger partial charge in [0.15, 0.2) is 0 Å². The summed E-state index contributed by atoms with van der Waals surface area (Å²) in [5.74, 6) is 0.637. The van der Waals surface area contributed by atoms with Gasteiger partial charge in [-0.1, -0.05) is 38.1 Å². The van der Waals surface area contributed by atoms with E-state index in [1.807, 2.05) is 6.92 Å². The lowest BCUT2D eigenvalue weighted by atomic mass is 9.99. The third-order valence-corrected chi connectivity index (χ3v) is 3.05. The molecular formula is C15H22N2. The summed E-state index contributed by atoms with van der Waals surface area (Å²) in [4.78, 5) is 0. The first kappa shape index (κ1) is 13.7. The van der Waals surface area contributed by atoms with E-state index >= 15 is 0 Å². The molecule has 0 saturated carbocycles. The molecule has 0 heterocycles. The van der Waals surface area contributed by atoms with Crippen LogP contribution in [0.1, 0.15) is 50.8 Å². The summed E-state index contributed by atoms with van der Waals surface area (Å²) in [6.07, 6.45) is 0. The summed E-state index contributed by atoms with van der Waals surface area (Å²) in [5.41, 5.74) is 2.64. The van der Waals surface area contributed by atoms with Gasteiger partial charge in [-0.05, 0) is 30.9 Å². The highest BCUT2D eigenvalue weighted by molar-refractivity contribution is 5.26. The van der Waals surface area contributed by atoms with Gasteiger partial charge in [0.2, 0.25) is 0 Å². The zero-order chi connectivity index (χ0) is 12.8. The Kier molecular flexibility index (Phi) is 5.18. The predicted octanol–water partition coefficient (Wildman–Crippen LogP) is 3.62. The van der Waals surface area contributed by atoms with Crippen LogP contribution in [-0.2, 0) is 0 Å². The van der Waals surface area contributed by atoms with Gasteiger partial charge >= 0.3 is 0 Å². The number of hydrogen-bond donors (Lipinski definition) is 1. The molecule has 1 rings (SSSR count). The fraction of sp³-hybridized carbons (Fsp3) is 0.533. The van der Waals surface area contributed by atoms with E-state index in [-0.39, 0.29) is 5.92 Å². The van der Waals surface area contributed by atoms with Gasteiger partial charge in [-0.15, -0.1) is 0 Å². The molecule has 1 aromatic rings. The third-order valence-electron chi connectivity index (χ3n) is 3.05. The first-order chi connectivity index (χ1) is 8.04. The van der Waals surface area contributed by atoms with E-state index in [0.717, 1.165) is 6.54 Å². The summed E-state index contributed by atoms with van der Waals surface area (Å²) < 4.78 is 0. The van der Waals surface area contributed by atoms with Crippen LogP contribution < -0.4 is 5.32 Å². The molecule has 0 unspecified atom stereocenters. The van der Waals surface area contributed by atoms with Crippen molar-refractivity contribution in [2.24, 2.45) is 5.92 Å². The average molecular weight is 230 g/mol. The lowest BCUT2D eigenvalue weighted by Crippen LogP contribution is -2.23. The van der Waals surface area contributed by atoms with Gasteiger partial charge < -0.3 is 5.32 Å². The molecule has 0 aliphatic heterocycles. The molecule has 0 amide bonds. The molecule has 0 aliphatic rings. The number of nitrogens with one attached hydrogen (secondary N) is 1. The summed E-state index contributed by atoms with van der Waals surface area (Å²) >= 11 is 0. The molecular weight excluding hydrogens is 208 g/mol. The van der Waals surface area contributed by atoms with Crippen molar-refractivity contribution in [3.63, 3.8) is 0 Å². The first-order valence-corrected chi connectivity index (χ1v) is 6.27. The molecule has 2 nitrogen and oxygen atoms in total. The Morgan fingerprint density at radius 2 is 1.59 bits per heavy atom. The summed E-state index contributed by atoms with van der Waals surface area (Å²) in [6, 6.07) is 11.2. The first-order valence-electron chi connectivity index (χ1n) is 6.27. The van der Waals surface area contributed by atoms with Crippen LogP contribution in [0.5, 0.6) is 0 Å². The minimum atomic E-state index is 0.0624. The average Bonchev–Trinajstić information content (AvgIpc) is 2.35. The van der Waals surface area contributed by atoms with Crippen LogP contribution in [0.2, 0.25) is 0 Å². The van der Waals surface area contributed by atoms with E-state index in [1.54, 1.807) is 0 Å². The van der Waals surface area contributed by atoms with E-state index in [9.17, 15) is 0 Å². The molecule has 1 N–H and O–H groups in total. The van der Waals surface area contributed by atoms with Gasteiger partial charge in [0.05, 0.1) is 12.0 Å². The second-order valence-corrected chi connectivity index (χ2v) is 4.98. The van der Waals surface area contributed by atoms with Gasteiger partial charge in [0.25, 0.3) is 0 Å². The monoisotopic (exact) mass is 230 g/mol. The Balaban J connectivity index is 2.58. The Hall–Kier alpha value is -1.33. The normalized spacial score (nSPS) is 14.4. The lowest BCUT2D eigenvalue weighted by molar-refractivity contribution is 0.527. The van der Waals surface area contributed by atoms with Crippen LogP contribution in [0.3, 0.4) is 0 Å². The highest BCUT2D eigenvalue weighted by atomic mass is 14.9. The van der Waals surface area contributed by atoms with Crippen molar-refractivity contribution in [3.8, 4) is 6.07 Å². The third kappa shape index (κ3) is 4.20. The maximum atomic E-state index is 8.73. The van der Waals surface area contributed by atoms with Crippen LogP contribution in [0.25, 0.3) is 0 Å². The SMILES string of the molecule is CC(C)c1ccc([C@@H](C)NC[C@@H](C)C#N)cc1. The van der Waals surface area contributed by atoms with E-state index in [0.29, 0.717) is 12.0 Å². The minimum absolute atomic E-state index is 0.0624. The predicted molar refractivity (Wildman–Crippen MR) is 71.7 cm³/mol. The van der Waals surface area contributed by atoms with Crippen molar-refractivity contribution >= 4 is 0 Å². The molecule has 0 bridgehead atoms. The topological polar surface area (TPSA) is 35.8 Å². The summed E-state index contributed by atoms with van der Waals surface area (Å²) in [6.45, 7) is 9.20. The highest BCUT2D eigenvalue weighted by Crippen LogP contribution is 2.18. The molecule has 17 heavy (non-hydrogen) atoms. The van der Waals surface area contributed by atoms with Crippen molar-refractivity contribution in [1.29, 1.82) is 5.26 Å². The molecule has 1 aromatic carbocycles. The Morgan fingerprint density at radius 3 is 2.06 bits per heavy atom.